The lowest BCUT2D eigenvalue weighted by molar-refractivity contribution is 0.1000. The molecule has 1 heterocycles. The highest BCUT2D eigenvalue weighted by Gasteiger charge is 2.20. The molecule has 0 saturated heterocycles. The molecule has 0 atom stereocenters. The van der Waals surface area contributed by atoms with Gasteiger partial charge in [-0.2, -0.15) is 5.10 Å². The highest BCUT2D eigenvalue weighted by Crippen LogP contribution is 2.22. The third-order valence-corrected chi connectivity index (χ3v) is 2.74. The third-order valence-electron chi connectivity index (χ3n) is 2.74. The van der Waals surface area contributed by atoms with Crippen molar-refractivity contribution < 1.29 is 23.5 Å². The van der Waals surface area contributed by atoms with E-state index in [1.807, 2.05) is 0 Å². The van der Waals surface area contributed by atoms with Crippen molar-refractivity contribution in [2.24, 2.45) is 0 Å². The molecule has 2 aromatic rings. The van der Waals surface area contributed by atoms with E-state index < -0.39 is 23.3 Å². The Hall–Kier alpha value is -2.57. The molecule has 1 aromatic heterocycles. The van der Waals surface area contributed by atoms with E-state index in [-0.39, 0.29) is 29.7 Å². The number of hydrogen-bond donors (Lipinski definition) is 1. The maximum Gasteiger partial charge on any atom is 0.221 e. The standard InChI is InChI=1S/C13H10F2N2O3/c1-7(19)12-10(6-18)13(20)17(16-12)5-8-4-9(14)2-3-11(8)15/h2-4,6,20H,5H2,1H3. The normalized spacial score (nSPS) is 10.6. The Morgan fingerprint density at radius 1 is 1.45 bits per heavy atom. The van der Waals surface area contributed by atoms with Gasteiger partial charge in [-0.05, 0) is 18.2 Å². The number of aldehydes is 1. The number of carbonyl (C=O) groups is 2. The van der Waals surface area contributed by atoms with Crippen LogP contribution in [0.1, 0.15) is 33.3 Å². The summed E-state index contributed by atoms with van der Waals surface area (Å²) in [5.74, 6) is -2.40. The van der Waals surface area contributed by atoms with Gasteiger partial charge in [0.2, 0.25) is 5.88 Å². The summed E-state index contributed by atoms with van der Waals surface area (Å²) in [6.45, 7) is 0.880. The molecule has 0 fully saturated rings. The predicted octanol–water partition coefficient (Wildman–Crippen LogP) is 1.93. The molecule has 0 aliphatic rings. The minimum atomic E-state index is -0.682. The van der Waals surface area contributed by atoms with Crippen molar-refractivity contribution in [3.05, 3.63) is 46.7 Å². The third kappa shape index (κ3) is 2.42. The number of hydrogen-bond acceptors (Lipinski definition) is 4. The zero-order chi connectivity index (χ0) is 14.9. The fraction of sp³-hybridized carbons (Fsp3) is 0.154. The van der Waals surface area contributed by atoms with E-state index in [1.165, 1.54) is 6.92 Å². The van der Waals surface area contributed by atoms with E-state index in [4.69, 9.17) is 0 Å². The van der Waals surface area contributed by atoms with Crippen LogP contribution in [0.15, 0.2) is 18.2 Å². The summed E-state index contributed by atoms with van der Waals surface area (Å²) in [5.41, 5.74) is -0.543. The van der Waals surface area contributed by atoms with Crippen LogP contribution in [0.5, 0.6) is 5.88 Å². The number of benzene rings is 1. The zero-order valence-electron chi connectivity index (χ0n) is 10.4. The van der Waals surface area contributed by atoms with Gasteiger partial charge < -0.3 is 5.11 Å². The fourth-order valence-electron chi connectivity index (χ4n) is 1.77. The van der Waals surface area contributed by atoms with Gasteiger partial charge in [-0.1, -0.05) is 0 Å². The molecule has 0 amide bonds. The van der Waals surface area contributed by atoms with Crippen LogP contribution in [0.25, 0.3) is 0 Å². The average Bonchev–Trinajstić information content (AvgIpc) is 2.71. The number of aromatic hydroxyl groups is 1. The summed E-state index contributed by atoms with van der Waals surface area (Å²) in [4.78, 5) is 22.1. The molecule has 0 aliphatic heterocycles. The second-order valence-electron chi connectivity index (χ2n) is 4.15. The van der Waals surface area contributed by atoms with Crippen LogP contribution in [-0.4, -0.2) is 27.0 Å². The molecule has 5 nitrogen and oxygen atoms in total. The summed E-state index contributed by atoms with van der Waals surface area (Å²) in [6, 6.07) is 2.85. The molecule has 7 heteroatoms. The van der Waals surface area contributed by atoms with Crippen LogP contribution in [0.2, 0.25) is 0 Å². The van der Waals surface area contributed by atoms with Crippen molar-refractivity contribution in [1.29, 1.82) is 0 Å². The van der Waals surface area contributed by atoms with Gasteiger partial charge >= 0.3 is 0 Å². The number of Topliss-reactive ketones (excluding diaryl/α,β-unsaturated/α-hetero) is 1. The molecule has 20 heavy (non-hydrogen) atoms. The molecule has 0 aliphatic carbocycles. The average molecular weight is 280 g/mol. The Morgan fingerprint density at radius 2 is 2.15 bits per heavy atom. The zero-order valence-corrected chi connectivity index (χ0v) is 10.4. The number of halogens is 2. The maximum absolute atomic E-state index is 13.5. The highest BCUT2D eigenvalue weighted by molar-refractivity contribution is 6.00. The first-order chi connectivity index (χ1) is 9.43. The van der Waals surface area contributed by atoms with Crippen molar-refractivity contribution in [3.8, 4) is 5.88 Å². The molecular weight excluding hydrogens is 270 g/mol. The quantitative estimate of drug-likeness (QED) is 0.686. The van der Waals surface area contributed by atoms with Gasteiger partial charge in [0.15, 0.2) is 12.1 Å². The van der Waals surface area contributed by atoms with Crippen molar-refractivity contribution in [2.75, 3.05) is 0 Å². The van der Waals surface area contributed by atoms with E-state index in [9.17, 15) is 23.5 Å². The van der Waals surface area contributed by atoms with Crippen LogP contribution in [-0.2, 0) is 6.54 Å². The number of aromatic nitrogens is 2. The first-order valence-electron chi connectivity index (χ1n) is 5.64. The Bertz CT molecular complexity index is 695. The van der Waals surface area contributed by atoms with E-state index in [1.54, 1.807) is 0 Å². The largest absolute Gasteiger partial charge is 0.493 e. The van der Waals surface area contributed by atoms with Gasteiger partial charge in [0.1, 0.15) is 22.9 Å². The minimum Gasteiger partial charge on any atom is -0.493 e. The Balaban J connectivity index is 2.46. The van der Waals surface area contributed by atoms with Crippen molar-refractivity contribution >= 4 is 12.1 Å². The molecule has 2 rings (SSSR count). The number of ketones is 1. The lowest BCUT2D eigenvalue weighted by Crippen LogP contribution is -2.05. The summed E-state index contributed by atoms with van der Waals surface area (Å²) in [7, 11) is 0. The number of carbonyl (C=O) groups excluding carboxylic acids is 2. The molecule has 0 bridgehead atoms. The molecule has 0 saturated carbocycles. The van der Waals surface area contributed by atoms with Gasteiger partial charge in [0.05, 0.1) is 6.54 Å². The van der Waals surface area contributed by atoms with E-state index in [0.717, 1.165) is 22.9 Å². The monoisotopic (exact) mass is 280 g/mol. The Morgan fingerprint density at radius 3 is 2.70 bits per heavy atom. The predicted molar refractivity (Wildman–Crippen MR) is 64.7 cm³/mol. The lowest BCUT2D eigenvalue weighted by atomic mass is 10.2. The van der Waals surface area contributed by atoms with Gasteiger partial charge in [-0.3, -0.25) is 9.59 Å². The van der Waals surface area contributed by atoms with Gasteiger partial charge in [0, 0.05) is 12.5 Å². The molecule has 0 radical (unpaired) electrons. The summed E-state index contributed by atoms with van der Waals surface area (Å²) in [5, 5.41) is 13.5. The second kappa shape index (κ2) is 5.20. The highest BCUT2D eigenvalue weighted by atomic mass is 19.1. The lowest BCUT2D eigenvalue weighted by Gasteiger charge is -2.05. The first-order valence-corrected chi connectivity index (χ1v) is 5.64. The maximum atomic E-state index is 13.5. The van der Waals surface area contributed by atoms with Gasteiger partial charge in [-0.25, -0.2) is 13.5 Å². The second-order valence-corrected chi connectivity index (χ2v) is 4.15. The fourth-order valence-corrected chi connectivity index (χ4v) is 1.77. The van der Waals surface area contributed by atoms with Crippen LogP contribution in [0.4, 0.5) is 8.78 Å². The number of nitrogens with zero attached hydrogens (tertiary/aromatic N) is 2. The van der Waals surface area contributed by atoms with Crippen molar-refractivity contribution in [2.45, 2.75) is 13.5 Å². The van der Waals surface area contributed by atoms with Crippen LogP contribution < -0.4 is 0 Å². The van der Waals surface area contributed by atoms with Crippen LogP contribution in [0, 0.1) is 11.6 Å². The van der Waals surface area contributed by atoms with Gasteiger partial charge in [0.25, 0.3) is 0 Å². The SMILES string of the molecule is CC(=O)c1nn(Cc2cc(F)ccc2F)c(O)c1C=O. The summed E-state index contributed by atoms with van der Waals surface area (Å²) in [6.07, 6.45) is 0.289. The smallest absolute Gasteiger partial charge is 0.221 e. The van der Waals surface area contributed by atoms with Crippen LogP contribution in [0.3, 0.4) is 0 Å². The molecule has 1 aromatic carbocycles. The minimum absolute atomic E-state index is 0.0599. The first kappa shape index (κ1) is 13.9. The van der Waals surface area contributed by atoms with E-state index in [2.05, 4.69) is 5.10 Å². The molecular formula is C13H10F2N2O3. The molecule has 0 unspecified atom stereocenters. The molecule has 104 valence electrons. The topological polar surface area (TPSA) is 72.2 Å². The van der Waals surface area contributed by atoms with Crippen molar-refractivity contribution in [3.63, 3.8) is 0 Å². The van der Waals surface area contributed by atoms with Crippen LogP contribution >= 0.6 is 0 Å². The summed E-state index contributed by atoms with van der Waals surface area (Å²) >= 11 is 0. The van der Waals surface area contributed by atoms with Gasteiger partial charge in [-0.15, -0.1) is 0 Å². The molecule has 1 N–H and O–H groups in total. The Labute approximate surface area is 112 Å². The van der Waals surface area contributed by atoms with E-state index >= 15 is 0 Å². The van der Waals surface area contributed by atoms with Crippen molar-refractivity contribution in [1.82, 2.24) is 9.78 Å². The number of rotatable bonds is 4. The summed E-state index contributed by atoms with van der Waals surface area (Å²) < 4.78 is 27.4. The molecule has 0 spiro atoms. The van der Waals surface area contributed by atoms with E-state index in [0.29, 0.717) is 0 Å². The Kier molecular flexibility index (Phi) is 3.60.